The molecule has 0 atom stereocenters. The summed E-state index contributed by atoms with van der Waals surface area (Å²) in [6.45, 7) is 13.7. The molecule has 0 radical (unpaired) electrons. The first kappa shape index (κ1) is 31.7. The molecule has 0 saturated carbocycles. The van der Waals surface area contributed by atoms with Crippen molar-refractivity contribution >= 4 is 66.4 Å². The van der Waals surface area contributed by atoms with Crippen LogP contribution in [0.5, 0.6) is 0 Å². The van der Waals surface area contributed by atoms with Gasteiger partial charge >= 0.3 is 0 Å². The molecule has 8 rings (SSSR count). The highest BCUT2D eigenvalue weighted by molar-refractivity contribution is 6.29. The zero-order chi connectivity index (χ0) is 34.5. The molecule has 0 amide bonds. The summed E-state index contributed by atoms with van der Waals surface area (Å²) in [6.07, 6.45) is 0. The van der Waals surface area contributed by atoms with E-state index >= 15 is 0 Å². The molecule has 0 aliphatic rings. The Morgan fingerprint density at radius 3 is 1.08 bits per heavy atom. The van der Waals surface area contributed by atoms with E-state index in [0.717, 1.165) is 11.4 Å². The first-order valence-corrected chi connectivity index (χ1v) is 17.9. The lowest BCUT2D eigenvalue weighted by Gasteiger charge is -2.31. The lowest BCUT2D eigenvalue weighted by Crippen LogP contribution is -2.13. The van der Waals surface area contributed by atoms with Crippen molar-refractivity contribution in [2.24, 2.45) is 0 Å². The first-order chi connectivity index (χ1) is 24.3. The highest BCUT2D eigenvalue weighted by Crippen LogP contribution is 2.50. The Hall–Kier alpha value is -5.60. The molecule has 0 aromatic heterocycles. The third-order valence-corrected chi connectivity index (χ3v) is 10.2. The van der Waals surface area contributed by atoms with E-state index in [1.807, 2.05) is 0 Å². The summed E-state index contributed by atoms with van der Waals surface area (Å²) in [5, 5.41) is 7.89. The van der Waals surface area contributed by atoms with Crippen LogP contribution in [0.4, 0.5) is 34.1 Å². The fourth-order valence-corrected chi connectivity index (χ4v) is 7.88. The SMILES string of the molecule is Cc1cccc(N(c2ccccc2)c2cc(C(C)C)c3ccc4c(N(c5ccccc5)c5cccc(C)c5)cc(C(C)C)c5ccc2c3c54)c1. The standard InChI is InChI=1S/C48H44N2/c1-31(2)43-29-45(49(35-17-9-7-10-18-35)37-21-13-15-33(5)27-37)41-26-24-40-44(32(3)4)30-46(42-25-23-39(43)47(41)48(40)42)50(36-19-11-8-12-20-36)38-22-14-16-34(6)28-38/h7-32H,1-6H3. The Morgan fingerprint density at radius 2 is 0.720 bits per heavy atom. The molecule has 0 spiro atoms. The van der Waals surface area contributed by atoms with Crippen molar-refractivity contribution in [3.05, 3.63) is 168 Å². The molecule has 50 heavy (non-hydrogen) atoms. The number of nitrogens with zero attached hydrogens (tertiary/aromatic N) is 2. The third-order valence-electron chi connectivity index (χ3n) is 10.2. The van der Waals surface area contributed by atoms with E-state index in [2.05, 4.69) is 197 Å². The fourth-order valence-electron chi connectivity index (χ4n) is 7.88. The predicted molar refractivity (Wildman–Crippen MR) is 217 cm³/mol. The van der Waals surface area contributed by atoms with E-state index in [1.54, 1.807) is 0 Å². The second-order valence-electron chi connectivity index (χ2n) is 14.4. The maximum Gasteiger partial charge on any atom is 0.0543 e. The molecular weight excluding hydrogens is 605 g/mol. The summed E-state index contributed by atoms with van der Waals surface area (Å²) in [6, 6.07) is 53.9. The summed E-state index contributed by atoms with van der Waals surface area (Å²) in [7, 11) is 0. The molecule has 2 heteroatoms. The summed E-state index contributed by atoms with van der Waals surface area (Å²) in [5.74, 6) is 0.677. The van der Waals surface area contributed by atoms with E-state index in [-0.39, 0.29) is 0 Å². The van der Waals surface area contributed by atoms with Crippen LogP contribution >= 0.6 is 0 Å². The molecule has 0 N–H and O–H groups in total. The average molecular weight is 649 g/mol. The molecule has 8 aromatic carbocycles. The molecule has 0 fully saturated rings. The van der Waals surface area contributed by atoms with Crippen molar-refractivity contribution < 1.29 is 0 Å². The summed E-state index contributed by atoms with van der Waals surface area (Å²) >= 11 is 0. The monoisotopic (exact) mass is 648 g/mol. The zero-order valence-electron chi connectivity index (χ0n) is 29.9. The minimum atomic E-state index is 0.339. The van der Waals surface area contributed by atoms with Gasteiger partial charge in [-0.1, -0.05) is 113 Å². The number of benzene rings is 8. The van der Waals surface area contributed by atoms with Crippen LogP contribution in [0.25, 0.3) is 32.3 Å². The maximum atomic E-state index is 2.46. The predicted octanol–water partition coefficient (Wildman–Crippen LogP) is 14.4. The number of para-hydroxylation sites is 2. The van der Waals surface area contributed by atoms with Gasteiger partial charge in [0.1, 0.15) is 0 Å². The van der Waals surface area contributed by atoms with Gasteiger partial charge in [-0.05, 0) is 130 Å². The topological polar surface area (TPSA) is 6.48 Å². The summed E-state index contributed by atoms with van der Waals surface area (Å²) in [5.41, 5.74) is 12.3. The van der Waals surface area contributed by atoms with E-state index < -0.39 is 0 Å². The number of hydrogen-bond acceptors (Lipinski definition) is 2. The van der Waals surface area contributed by atoms with Gasteiger partial charge in [0, 0.05) is 33.5 Å². The average Bonchev–Trinajstić information content (AvgIpc) is 3.12. The van der Waals surface area contributed by atoms with E-state index in [1.165, 1.54) is 77.3 Å². The lowest BCUT2D eigenvalue weighted by atomic mass is 9.84. The summed E-state index contributed by atoms with van der Waals surface area (Å²) in [4.78, 5) is 4.91. The maximum absolute atomic E-state index is 2.46. The minimum absolute atomic E-state index is 0.339. The van der Waals surface area contributed by atoms with Crippen LogP contribution < -0.4 is 9.80 Å². The van der Waals surface area contributed by atoms with Crippen molar-refractivity contribution in [3.8, 4) is 0 Å². The highest BCUT2D eigenvalue weighted by atomic mass is 15.1. The van der Waals surface area contributed by atoms with Gasteiger partial charge in [0.05, 0.1) is 11.4 Å². The Bertz CT molecular complexity index is 2280. The Labute approximate surface area is 296 Å². The number of hydrogen-bond donors (Lipinski definition) is 0. The first-order valence-electron chi connectivity index (χ1n) is 17.9. The van der Waals surface area contributed by atoms with Gasteiger partial charge < -0.3 is 9.80 Å². The third kappa shape index (κ3) is 5.36. The molecule has 2 nitrogen and oxygen atoms in total. The molecule has 0 aliphatic heterocycles. The van der Waals surface area contributed by atoms with E-state index in [0.29, 0.717) is 11.8 Å². The van der Waals surface area contributed by atoms with Gasteiger partial charge in [-0.15, -0.1) is 0 Å². The van der Waals surface area contributed by atoms with Crippen molar-refractivity contribution in [2.45, 2.75) is 53.4 Å². The smallest absolute Gasteiger partial charge is 0.0543 e. The number of aryl methyl sites for hydroxylation is 2. The van der Waals surface area contributed by atoms with Crippen LogP contribution in [-0.4, -0.2) is 0 Å². The normalized spacial score (nSPS) is 11.8. The molecule has 0 saturated heterocycles. The van der Waals surface area contributed by atoms with Crippen LogP contribution in [-0.2, 0) is 0 Å². The number of rotatable bonds is 8. The molecule has 0 unspecified atom stereocenters. The van der Waals surface area contributed by atoms with Crippen molar-refractivity contribution in [2.75, 3.05) is 9.80 Å². The van der Waals surface area contributed by atoms with Gasteiger partial charge in [0.25, 0.3) is 0 Å². The molecular formula is C48H44N2. The van der Waals surface area contributed by atoms with Crippen LogP contribution in [0, 0.1) is 13.8 Å². The van der Waals surface area contributed by atoms with Gasteiger partial charge in [-0.2, -0.15) is 0 Å². The fraction of sp³-hybridized carbons (Fsp3) is 0.167. The molecule has 0 heterocycles. The van der Waals surface area contributed by atoms with Crippen molar-refractivity contribution in [1.82, 2.24) is 0 Å². The zero-order valence-corrected chi connectivity index (χ0v) is 29.9. The number of anilines is 6. The molecule has 0 bridgehead atoms. The second-order valence-corrected chi connectivity index (χ2v) is 14.4. The lowest BCUT2D eigenvalue weighted by molar-refractivity contribution is 0.875. The van der Waals surface area contributed by atoms with E-state index in [4.69, 9.17) is 0 Å². The highest BCUT2D eigenvalue weighted by Gasteiger charge is 2.25. The largest absolute Gasteiger partial charge is 0.310 e. The Morgan fingerprint density at radius 1 is 0.360 bits per heavy atom. The van der Waals surface area contributed by atoms with Gasteiger partial charge in [-0.3, -0.25) is 0 Å². The Kier molecular flexibility index (Phi) is 8.04. The molecule has 0 aliphatic carbocycles. The molecule has 246 valence electrons. The van der Waals surface area contributed by atoms with Crippen molar-refractivity contribution in [3.63, 3.8) is 0 Å². The second kappa shape index (κ2) is 12.7. The van der Waals surface area contributed by atoms with Crippen LogP contribution in [0.3, 0.4) is 0 Å². The van der Waals surface area contributed by atoms with Gasteiger partial charge in [0.15, 0.2) is 0 Å². The van der Waals surface area contributed by atoms with Crippen LogP contribution in [0.1, 0.15) is 61.8 Å². The summed E-state index contributed by atoms with van der Waals surface area (Å²) < 4.78 is 0. The van der Waals surface area contributed by atoms with Crippen molar-refractivity contribution in [1.29, 1.82) is 0 Å². The van der Waals surface area contributed by atoms with E-state index in [9.17, 15) is 0 Å². The van der Waals surface area contributed by atoms with Crippen LogP contribution in [0.15, 0.2) is 146 Å². The molecule has 8 aromatic rings. The van der Waals surface area contributed by atoms with Gasteiger partial charge in [0.2, 0.25) is 0 Å². The van der Waals surface area contributed by atoms with Crippen LogP contribution in [0.2, 0.25) is 0 Å². The van der Waals surface area contributed by atoms with Gasteiger partial charge in [-0.25, -0.2) is 0 Å². The quantitative estimate of drug-likeness (QED) is 0.151. The minimum Gasteiger partial charge on any atom is -0.310 e. The Balaban J connectivity index is 1.53.